The second kappa shape index (κ2) is 6.99. The fraction of sp³-hybridized carbons (Fsp3) is 0.333. The van der Waals surface area contributed by atoms with Crippen LogP contribution in [0.1, 0.15) is 6.42 Å². The molecule has 0 fully saturated rings. The molecule has 0 aromatic heterocycles. The molecule has 0 aliphatic rings. The Labute approximate surface area is 107 Å². The second-order valence-corrected chi connectivity index (χ2v) is 1.75. The van der Waals surface area contributed by atoms with Gasteiger partial charge in [-0.15, -0.1) is 6.58 Å². The predicted octanol–water partition coefficient (Wildman–Crippen LogP) is -0.0329. The third-order valence-electron chi connectivity index (χ3n) is 0.999. The molecule has 2 N–H and O–H groups in total. The second-order valence-electron chi connectivity index (χ2n) is 1.75. The number of carbonyl (C=O) groups is 2. The van der Waals surface area contributed by atoms with Crippen molar-refractivity contribution < 1.29 is 19.8 Å². The smallest absolute Gasteiger partial charge is 0.318 e. The van der Waals surface area contributed by atoms with Gasteiger partial charge in [0.2, 0.25) is 0 Å². The van der Waals surface area contributed by atoms with Crippen LogP contribution in [0.2, 0.25) is 0 Å². The number of aliphatic carboxylic acids is 2. The zero-order valence-electron chi connectivity index (χ0n) is 6.28. The van der Waals surface area contributed by atoms with E-state index in [1.54, 1.807) is 0 Å². The van der Waals surface area contributed by atoms with Crippen LogP contribution in [0, 0.1) is 5.92 Å². The average Bonchev–Trinajstić information content (AvgIpc) is 1.81. The summed E-state index contributed by atoms with van der Waals surface area (Å²) < 4.78 is 0. The molecule has 0 saturated heterocycles. The molecule has 57 valence electrons. The van der Waals surface area contributed by atoms with E-state index in [1.807, 2.05) is 0 Å². The molecule has 0 saturated carbocycles. The Bertz CT molecular complexity index is 152. The van der Waals surface area contributed by atoms with Gasteiger partial charge in [-0.25, -0.2) is 0 Å². The quantitative estimate of drug-likeness (QED) is 0.364. The van der Waals surface area contributed by atoms with Crippen molar-refractivity contribution in [1.82, 2.24) is 0 Å². The van der Waals surface area contributed by atoms with Crippen molar-refractivity contribution in [2.45, 2.75) is 6.42 Å². The van der Waals surface area contributed by atoms with E-state index < -0.39 is 17.9 Å². The maximum absolute atomic E-state index is 10.1. The fourth-order valence-corrected chi connectivity index (χ4v) is 0.474. The molecule has 0 spiro atoms. The largest absolute Gasteiger partial charge is 0.481 e. The van der Waals surface area contributed by atoms with Gasteiger partial charge in [-0.2, -0.15) is 0 Å². The molecular weight excluding hydrogens is 175 g/mol. The predicted molar refractivity (Wildman–Crippen MR) is 39.3 cm³/mol. The number of carboxylic acid groups (broad SMARTS) is 2. The van der Waals surface area contributed by atoms with Crippen molar-refractivity contribution in [1.29, 1.82) is 0 Å². The number of carboxylic acids is 2. The van der Waals surface area contributed by atoms with Gasteiger partial charge in [-0.3, -0.25) is 9.59 Å². The van der Waals surface area contributed by atoms with Gasteiger partial charge in [-0.1, -0.05) is 6.08 Å². The molecule has 5 heteroatoms. The van der Waals surface area contributed by atoms with Crippen molar-refractivity contribution in [2.75, 3.05) is 0 Å². The zero-order valence-corrected chi connectivity index (χ0v) is 9.40. The first-order valence-corrected chi connectivity index (χ1v) is 2.66. The summed E-state index contributed by atoms with van der Waals surface area (Å²) in [6.07, 6.45) is 1.23. The molecule has 0 aromatic rings. The molecule has 0 amide bonds. The Hall–Kier alpha value is 0.316. The first-order chi connectivity index (χ1) is 4.59. The Morgan fingerprint density at radius 3 is 1.82 bits per heavy atom. The molecule has 0 aliphatic heterocycles. The van der Waals surface area contributed by atoms with E-state index in [0.717, 1.165) is 0 Å². The molecular formula is C6H8KO4. The SMILES string of the molecule is C=CCC(C(=O)O)C(=O)O.[K]. The normalized spacial score (nSPS) is 8.45. The van der Waals surface area contributed by atoms with E-state index in [2.05, 4.69) is 6.58 Å². The third kappa shape index (κ3) is 5.57. The Balaban J connectivity index is 0. The van der Waals surface area contributed by atoms with Crippen LogP contribution in [0.15, 0.2) is 12.7 Å². The van der Waals surface area contributed by atoms with Gasteiger partial charge in [0, 0.05) is 51.4 Å². The summed E-state index contributed by atoms with van der Waals surface area (Å²) in [5, 5.41) is 16.5. The van der Waals surface area contributed by atoms with Crippen LogP contribution in [-0.2, 0) is 9.59 Å². The minimum absolute atomic E-state index is 0. The number of allylic oxidation sites excluding steroid dienone is 1. The Morgan fingerprint density at radius 1 is 1.36 bits per heavy atom. The van der Waals surface area contributed by atoms with Gasteiger partial charge < -0.3 is 10.2 Å². The summed E-state index contributed by atoms with van der Waals surface area (Å²) in [5.41, 5.74) is 0. The van der Waals surface area contributed by atoms with Crippen LogP contribution in [0.4, 0.5) is 0 Å². The van der Waals surface area contributed by atoms with Crippen LogP contribution in [0.3, 0.4) is 0 Å². The van der Waals surface area contributed by atoms with E-state index in [9.17, 15) is 9.59 Å². The van der Waals surface area contributed by atoms with Crippen LogP contribution < -0.4 is 0 Å². The summed E-state index contributed by atoms with van der Waals surface area (Å²) in [6.45, 7) is 3.24. The first-order valence-electron chi connectivity index (χ1n) is 2.66. The van der Waals surface area contributed by atoms with Crippen LogP contribution in [0.25, 0.3) is 0 Å². The molecule has 0 aliphatic carbocycles. The van der Waals surface area contributed by atoms with E-state index >= 15 is 0 Å². The standard InChI is InChI=1S/C6H8O4.K/c1-2-3-4(5(7)8)6(9)10;/h2,4H,1,3H2,(H,7,8)(H,9,10);. The number of hydrogen-bond donors (Lipinski definition) is 2. The van der Waals surface area contributed by atoms with Gasteiger partial charge in [0.05, 0.1) is 0 Å². The van der Waals surface area contributed by atoms with Gasteiger partial charge in [0.25, 0.3) is 0 Å². The summed E-state index contributed by atoms with van der Waals surface area (Å²) >= 11 is 0. The third-order valence-corrected chi connectivity index (χ3v) is 0.999. The number of rotatable bonds is 4. The molecule has 4 nitrogen and oxygen atoms in total. The molecule has 1 radical (unpaired) electrons. The Morgan fingerprint density at radius 2 is 1.73 bits per heavy atom. The molecule has 0 aromatic carbocycles. The van der Waals surface area contributed by atoms with Crippen molar-refractivity contribution in [3.05, 3.63) is 12.7 Å². The van der Waals surface area contributed by atoms with Gasteiger partial charge in [-0.05, 0) is 6.42 Å². The van der Waals surface area contributed by atoms with Crippen molar-refractivity contribution in [3.8, 4) is 0 Å². The average molecular weight is 183 g/mol. The molecule has 0 unspecified atom stereocenters. The maximum atomic E-state index is 10.1. The Kier molecular flexibility index (Phi) is 8.82. The van der Waals surface area contributed by atoms with E-state index in [0.29, 0.717) is 0 Å². The van der Waals surface area contributed by atoms with Crippen LogP contribution in [0.5, 0.6) is 0 Å². The van der Waals surface area contributed by atoms with Crippen molar-refractivity contribution in [3.63, 3.8) is 0 Å². The van der Waals surface area contributed by atoms with Crippen molar-refractivity contribution >= 4 is 63.3 Å². The van der Waals surface area contributed by atoms with E-state index in [4.69, 9.17) is 10.2 Å². The van der Waals surface area contributed by atoms with Crippen LogP contribution in [-0.4, -0.2) is 73.5 Å². The van der Waals surface area contributed by atoms with E-state index in [1.165, 1.54) is 6.08 Å². The zero-order chi connectivity index (χ0) is 8.15. The van der Waals surface area contributed by atoms with Crippen molar-refractivity contribution in [2.24, 2.45) is 5.92 Å². The van der Waals surface area contributed by atoms with Crippen LogP contribution >= 0.6 is 0 Å². The number of hydrogen-bond acceptors (Lipinski definition) is 2. The van der Waals surface area contributed by atoms with Gasteiger partial charge in [0.1, 0.15) is 0 Å². The van der Waals surface area contributed by atoms with E-state index in [-0.39, 0.29) is 57.8 Å². The molecule has 0 heterocycles. The topological polar surface area (TPSA) is 74.6 Å². The monoisotopic (exact) mass is 183 g/mol. The maximum Gasteiger partial charge on any atom is 0.318 e. The molecule has 0 atom stereocenters. The summed E-state index contributed by atoms with van der Waals surface area (Å²) in [5.74, 6) is -4.00. The minimum Gasteiger partial charge on any atom is -0.481 e. The molecule has 11 heavy (non-hydrogen) atoms. The fourth-order valence-electron chi connectivity index (χ4n) is 0.474. The molecule has 0 bridgehead atoms. The summed E-state index contributed by atoms with van der Waals surface area (Å²) in [4.78, 5) is 20.2. The summed E-state index contributed by atoms with van der Waals surface area (Å²) in [7, 11) is 0. The summed E-state index contributed by atoms with van der Waals surface area (Å²) in [6, 6.07) is 0. The van der Waals surface area contributed by atoms with Gasteiger partial charge in [0.15, 0.2) is 5.92 Å². The first kappa shape index (κ1) is 13.9. The molecule has 0 rings (SSSR count). The minimum atomic E-state index is -1.35. The van der Waals surface area contributed by atoms with Gasteiger partial charge >= 0.3 is 11.9 Å².